The summed E-state index contributed by atoms with van der Waals surface area (Å²) in [7, 11) is 0. The van der Waals surface area contributed by atoms with E-state index in [1.54, 1.807) is 0 Å². The molecule has 1 saturated carbocycles. The summed E-state index contributed by atoms with van der Waals surface area (Å²) in [5, 5.41) is 0. The average Bonchev–Trinajstić information content (AvgIpc) is 2.45. The van der Waals surface area contributed by atoms with Gasteiger partial charge in [0.2, 0.25) is 0 Å². The molecule has 2 nitrogen and oxygen atoms in total. The molecule has 0 heterocycles. The maximum Gasteiger partial charge on any atom is 0.0378 e. The van der Waals surface area contributed by atoms with E-state index in [1.165, 1.54) is 88.5 Å². The van der Waals surface area contributed by atoms with E-state index in [1.807, 2.05) is 0 Å². The number of nitrogens with two attached hydrogens (primary N) is 1. The second-order valence-electron chi connectivity index (χ2n) is 6.57. The van der Waals surface area contributed by atoms with Crippen LogP contribution in [-0.2, 0) is 0 Å². The molecule has 1 unspecified atom stereocenters. The second-order valence-corrected chi connectivity index (χ2v) is 6.57. The summed E-state index contributed by atoms with van der Waals surface area (Å²) in [6, 6.07) is 0.220. The lowest BCUT2D eigenvalue weighted by Crippen LogP contribution is -2.17. The zero-order chi connectivity index (χ0) is 14.0. The van der Waals surface area contributed by atoms with Crippen LogP contribution < -0.4 is 5.73 Å². The van der Waals surface area contributed by atoms with Crippen molar-refractivity contribution in [3.63, 3.8) is 0 Å². The van der Waals surface area contributed by atoms with Gasteiger partial charge in [-0.2, -0.15) is 0 Å². The van der Waals surface area contributed by atoms with Crippen molar-refractivity contribution in [3.05, 3.63) is 11.8 Å². The quantitative estimate of drug-likeness (QED) is 0.708. The van der Waals surface area contributed by atoms with Crippen molar-refractivity contribution in [1.29, 1.82) is 0 Å². The molecule has 0 aromatic heterocycles. The number of nitrogens with zero attached hydrogens (tertiary/aromatic N) is 1. The second kappa shape index (κ2) is 9.33. The normalized spacial score (nSPS) is 29.8. The fraction of sp³-hybridized carbons (Fsp3) is 0.833. The number of allylic oxidation sites excluding steroid dienone is 1. The van der Waals surface area contributed by atoms with Crippen LogP contribution in [0, 0.1) is 0 Å². The first-order valence-corrected chi connectivity index (χ1v) is 8.87. The molecule has 0 aliphatic heterocycles. The molecule has 0 amide bonds. The van der Waals surface area contributed by atoms with Crippen LogP contribution >= 0.6 is 0 Å². The SMILES string of the molecule is NC1/C=C(\N=C2CCCCC2)CCCCCCCCC1. The van der Waals surface area contributed by atoms with Crippen molar-refractivity contribution in [2.45, 2.75) is 95.9 Å². The Hall–Kier alpha value is -0.630. The molecule has 1 atom stereocenters. The molecule has 2 heteroatoms. The third-order valence-electron chi connectivity index (χ3n) is 4.61. The van der Waals surface area contributed by atoms with Crippen LogP contribution in [0.4, 0.5) is 0 Å². The standard InChI is InChI=1S/C18H32N2/c19-16-11-7-4-2-1-3-5-8-14-18(15-16)20-17-12-9-6-10-13-17/h15-16H,1-14,19H2/b18-15-. The zero-order valence-electron chi connectivity index (χ0n) is 13.1. The first-order valence-electron chi connectivity index (χ1n) is 8.87. The topological polar surface area (TPSA) is 38.4 Å². The summed E-state index contributed by atoms with van der Waals surface area (Å²) in [5.41, 5.74) is 8.98. The zero-order valence-corrected chi connectivity index (χ0v) is 13.1. The number of hydrogen-bond acceptors (Lipinski definition) is 2. The number of hydrogen-bond donors (Lipinski definition) is 1. The third kappa shape index (κ3) is 6.21. The Kier molecular flexibility index (Phi) is 7.35. The van der Waals surface area contributed by atoms with Crippen molar-refractivity contribution in [1.82, 2.24) is 0 Å². The van der Waals surface area contributed by atoms with Gasteiger partial charge >= 0.3 is 0 Å². The summed E-state index contributed by atoms with van der Waals surface area (Å²) in [5.74, 6) is 0. The van der Waals surface area contributed by atoms with E-state index in [9.17, 15) is 0 Å². The Labute approximate surface area is 124 Å². The van der Waals surface area contributed by atoms with Gasteiger partial charge in [-0.25, -0.2) is 0 Å². The van der Waals surface area contributed by atoms with Gasteiger partial charge in [0.25, 0.3) is 0 Å². The van der Waals surface area contributed by atoms with Crippen LogP contribution in [0.15, 0.2) is 16.8 Å². The monoisotopic (exact) mass is 276 g/mol. The highest BCUT2D eigenvalue weighted by atomic mass is 14.8. The first kappa shape index (κ1) is 15.8. The lowest BCUT2D eigenvalue weighted by Gasteiger charge is -2.15. The van der Waals surface area contributed by atoms with Gasteiger partial charge in [0, 0.05) is 17.5 Å². The Balaban J connectivity index is 1.97. The van der Waals surface area contributed by atoms with Gasteiger partial charge in [-0.05, 0) is 51.0 Å². The van der Waals surface area contributed by atoms with Crippen LogP contribution in [0.25, 0.3) is 0 Å². The van der Waals surface area contributed by atoms with Gasteiger partial charge in [-0.3, -0.25) is 4.99 Å². The van der Waals surface area contributed by atoms with Crippen molar-refractivity contribution in [2.75, 3.05) is 0 Å². The molecule has 20 heavy (non-hydrogen) atoms. The summed E-state index contributed by atoms with van der Waals surface area (Å²) in [6.45, 7) is 0. The van der Waals surface area contributed by atoms with E-state index in [0.29, 0.717) is 0 Å². The van der Waals surface area contributed by atoms with Gasteiger partial charge in [-0.15, -0.1) is 0 Å². The van der Waals surface area contributed by atoms with Crippen molar-refractivity contribution >= 4 is 5.71 Å². The minimum absolute atomic E-state index is 0.220. The molecule has 0 aromatic rings. The summed E-state index contributed by atoms with van der Waals surface area (Å²) >= 11 is 0. The van der Waals surface area contributed by atoms with E-state index in [2.05, 4.69) is 6.08 Å². The number of rotatable bonds is 1. The molecule has 0 aromatic carbocycles. The molecule has 1 fully saturated rings. The largest absolute Gasteiger partial charge is 0.324 e. The van der Waals surface area contributed by atoms with E-state index < -0.39 is 0 Å². The average molecular weight is 276 g/mol. The first-order chi connectivity index (χ1) is 9.84. The van der Waals surface area contributed by atoms with Gasteiger partial charge in [-0.1, -0.05) is 44.9 Å². The predicted octanol–water partition coefficient (Wildman–Crippen LogP) is 5.13. The van der Waals surface area contributed by atoms with Gasteiger partial charge in [0.1, 0.15) is 0 Å². The molecule has 0 spiro atoms. The van der Waals surface area contributed by atoms with Crippen molar-refractivity contribution < 1.29 is 0 Å². The fourth-order valence-electron chi connectivity index (χ4n) is 3.35. The van der Waals surface area contributed by atoms with Crippen molar-refractivity contribution in [3.8, 4) is 0 Å². The summed E-state index contributed by atoms with van der Waals surface area (Å²) in [4.78, 5) is 4.97. The van der Waals surface area contributed by atoms with Gasteiger partial charge in [0.15, 0.2) is 0 Å². The fourth-order valence-corrected chi connectivity index (χ4v) is 3.35. The lowest BCUT2D eigenvalue weighted by molar-refractivity contribution is 0.545. The molecule has 2 aliphatic carbocycles. The molecule has 2 aliphatic rings. The van der Waals surface area contributed by atoms with Crippen LogP contribution in [-0.4, -0.2) is 11.8 Å². The van der Waals surface area contributed by atoms with Gasteiger partial charge < -0.3 is 5.73 Å². The van der Waals surface area contributed by atoms with E-state index >= 15 is 0 Å². The molecule has 0 bridgehead atoms. The summed E-state index contributed by atoms with van der Waals surface area (Å²) in [6.07, 6.45) is 20.5. The highest BCUT2D eigenvalue weighted by molar-refractivity contribution is 5.85. The smallest absolute Gasteiger partial charge is 0.0378 e. The summed E-state index contributed by atoms with van der Waals surface area (Å²) < 4.78 is 0. The van der Waals surface area contributed by atoms with Gasteiger partial charge in [0.05, 0.1) is 0 Å². The minimum Gasteiger partial charge on any atom is -0.324 e. The maximum atomic E-state index is 6.26. The Bertz CT molecular complexity index is 322. The highest BCUT2D eigenvalue weighted by Gasteiger charge is 2.09. The van der Waals surface area contributed by atoms with Crippen LogP contribution in [0.3, 0.4) is 0 Å². The van der Waals surface area contributed by atoms with Crippen molar-refractivity contribution in [2.24, 2.45) is 10.7 Å². The molecule has 2 N–H and O–H groups in total. The Morgan fingerprint density at radius 1 is 0.750 bits per heavy atom. The molecule has 0 saturated heterocycles. The Morgan fingerprint density at radius 3 is 2.05 bits per heavy atom. The van der Waals surface area contributed by atoms with Crippen LogP contribution in [0.1, 0.15) is 89.9 Å². The maximum absolute atomic E-state index is 6.26. The Morgan fingerprint density at radius 2 is 1.30 bits per heavy atom. The predicted molar refractivity (Wildman–Crippen MR) is 88.1 cm³/mol. The molecule has 0 radical (unpaired) electrons. The van der Waals surface area contributed by atoms with Crippen LogP contribution in [0.5, 0.6) is 0 Å². The highest BCUT2D eigenvalue weighted by Crippen LogP contribution is 2.21. The molecular formula is C18H32N2. The molecule has 2 rings (SSSR count). The third-order valence-corrected chi connectivity index (χ3v) is 4.61. The van der Waals surface area contributed by atoms with E-state index in [0.717, 1.165) is 12.8 Å². The van der Waals surface area contributed by atoms with E-state index in [-0.39, 0.29) is 6.04 Å². The molecular weight excluding hydrogens is 244 g/mol. The van der Waals surface area contributed by atoms with Crippen LogP contribution in [0.2, 0.25) is 0 Å². The number of aliphatic imine (C=N–C) groups is 1. The lowest BCUT2D eigenvalue weighted by atomic mass is 9.97. The van der Waals surface area contributed by atoms with E-state index in [4.69, 9.17) is 10.7 Å². The molecule has 114 valence electrons. The minimum atomic E-state index is 0.220.